The first-order valence-electron chi connectivity index (χ1n) is 6.71. The van der Waals surface area contributed by atoms with Crippen LogP contribution < -0.4 is 10.5 Å². The Morgan fingerprint density at radius 2 is 2.25 bits per heavy atom. The topological polar surface area (TPSA) is 48.1 Å². The van der Waals surface area contributed by atoms with Gasteiger partial charge in [-0.25, -0.2) is 9.37 Å². The van der Waals surface area contributed by atoms with Crippen molar-refractivity contribution < 1.29 is 9.13 Å². The zero-order chi connectivity index (χ0) is 14.5. The summed E-state index contributed by atoms with van der Waals surface area (Å²) < 4.78 is 19.3. The van der Waals surface area contributed by atoms with Gasteiger partial charge in [-0.2, -0.15) is 0 Å². The molecule has 0 radical (unpaired) electrons. The second-order valence-corrected chi connectivity index (χ2v) is 5.69. The van der Waals surface area contributed by atoms with Gasteiger partial charge in [0.25, 0.3) is 0 Å². The van der Waals surface area contributed by atoms with Crippen molar-refractivity contribution in [2.75, 3.05) is 0 Å². The molecule has 0 unspecified atom stereocenters. The standard InChI is InChI=1S/C15H19FN2OS/c1-3-4-15-18-11(9-20-15)8-19-12-5-6-13(10(2)17)14(16)7-12/h5-7,9-10H,3-4,8,17H2,1-2H3/t10-/m0/s1. The van der Waals surface area contributed by atoms with Gasteiger partial charge in [0, 0.05) is 23.1 Å². The molecule has 1 atom stereocenters. The first-order valence-corrected chi connectivity index (χ1v) is 7.59. The van der Waals surface area contributed by atoms with Crippen molar-refractivity contribution in [1.82, 2.24) is 4.98 Å². The van der Waals surface area contributed by atoms with Crippen molar-refractivity contribution in [3.63, 3.8) is 0 Å². The molecule has 0 saturated carbocycles. The van der Waals surface area contributed by atoms with Crippen molar-refractivity contribution in [1.29, 1.82) is 0 Å². The highest BCUT2D eigenvalue weighted by atomic mass is 32.1. The Morgan fingerprint density at radius 3 is 2.90 bits per heavy atom. The molecule has 1 aromatic heterocycles. The predicted octanol–water partition coefficient (Wildman–Crippen LogP) is 3.83. The van der Waals surface area contributed by atoms with Crippen LogP contribution in [0.3, 0.4) is 0 Å². The van der Waals surface area contributed by atoms with Gasteiger partial charge < -0.3 is 10.5 Å². The lowest BCUT2D eigenvalue weighted by molar-refractivity contribution is 0.300. The molecule has 2 aromatic rings. The summed E-state index contributed by atoms with van der Waals surface area (Å²) in [6, 6.07) is 4.46. The maximum absolute atomic E-state index is 13.8. The fourth-order valence-corrected chi connectivity index (χ4v) is 2.75. The lowest BCUT2D eigenvalue weighted by Gasteiger charge is -2.09. The van der Waals surface area contributed by atoms with E-state index in [2.05, 4.69) is 11.9 Å². The second-order valence-electron chi connectivity index (χ2n) is 4.74. The normalized spacial score (nSPS) is 12.4. The predicted molar refractivity (Wildman–Crippen MR) is 79.4 cm³/mol. The summed E-state index contributed by atoms with van der Waals surface area (Å²) in [7, 11) is 0. The summed E-state index contributed by atoms with van der Waals surface area (Å²) in [6.07, 6.45) is 2.07. The SMILES string of the molecule is CCCc1nc(COc2ccc([C@H](C)N)c(F)c2)cs1. The second kappa shape index (κ2) is 6.81. The average molecular weight is 294 g/mol. The van der Waals surface area contributed by atoms with Gasteiger partial charge in [-0.05, 0) is 25.8 Å². The van der Waals surface area contributed by atoms with Crippen LogP contribution in [0.25, 0.3) is 0 Å². The Bertz CT molecular complexity index is 569. The van der Waals surface area contributed by atoms with Crippen LogP contribution in [0.15, 0.2) is 23.6 Å². The number of nitrogens with zero attached hydrogens (tertiary/aromatic N) is 1. The molecular weight excluding hydrogens is 275 g/mol. The Kier molecular flexibility index (Phi) is 5.09. The minimum Gasteiger partial charge on any atom is -0.487 e. The highest BCUT2D eigenvalue weighted by Gasteiger charge is 2.09. The number of hydrogen-bond donors (Lipinski definition) is 1. The van der Waals surface area contributed by atoms with Crippen LogP contribution in [-0.2, 0) is 13.0 Å². The zero-order valence-electron chi connectivity index (χ0n) is 11.7. The van der Waals surface area contributed by atoms with Crippen LogP contribution in [0.2, 0.25) is 0 Å². The summed E-state index contributed by atoms with van der Waals surface area (Å²) in [6.45, 7) is 4.24. The van der Waals surface area contributed by atoms with Gasteiger partial charge in [0.2, 0.25) is 0 Å². The molecule has 0 aliphatic carbocycles. The van der Waals surface area contributed by atoms with E-state index in [0.29, 0.717) is 17.9 Å². The quantitative estimate of drug-likeness (QED) is 0.880. The first kappa shape index (κ1) is 14.9. The van der Waals surface area contributed by atoms with Crippen LogP contribution in [0, 0.1) is 5.82 Å². The van der Waals surface area contributed by atoms with Crippen LogP contribution in [-0.4, -0.2) is 4.98 Å². The minimum atomic E-state index is -0.331. The molecular formula is C15H19FN2OS. The van der Waals surface area contributed by atoms with Gasteiger partial charge >= 0.3 is 0 Å². The van der Waals surface area contributed by atoms with E-state index >= 15 is 0 Å². The highest BCUT2D eigenvalue weighted by Crippen LogP contribution is 2.21. The van der Waals surface area contributed by atoms with E-state index in [1.165, 1.54) is 6.07 Å². The van der Waals surface area contributed by atoms with Gasteiger partial charge in [-0.3, -0.25) is 0 Å². The van der Waals surface area contributed by atoms with E-state index < -0.39 is 0 Å². The van der Waals surface area contributed by atoms with Crippen LogP contribution in [0.1, 0.15) is 42.6 Å². The molecule has 108 valence electrons. The van der Waals surface area contributed by atoms with E-state index in [4.69, 9.17) is 10.5 Å². The van der Waals surface area contributed by atoms with Crippen molar-refractivity contribution in [3.8, 4) is 5.75 Å². The van der Waals surface area contributed by atoms with Gasteiger partial charge in [0.05, 0.1) is 10.7 Å². The van der Waals surface area contributed by atoms with Crippen LogP contribution in [0.5, 0.6) is 5.75 Å². The number of halogens is 1. The van der Waals surface area contributed by atoms with Crippen molar-refractivity contribution in [2.45, 2.75) is 39.3 Å². The van der Waals surface area contributed by atoms with E-state index in [1.807, 2.05) is 5.38 Å². The molecule has 0 spiro atoms. The third kappa shape index (κ3) is 3.77. The molecule has 0 bridgehead atoms. The Hall–Kier alpha value is -1.46. The van der Waals surface area contributed by atoms with Crippen LogP contribution >= 0.6 is 11.3 Å². The molecule has 0 fully saturated rings. The van der Waals surface area contributed by atoms with Gasteiger partial charge in [-0.1, -0.05) is 13.0 Å². The maximum atomic E-state index is 13.8. The molecule has 0 aliphatic heterocycles. The van der Waals surface area contributed by atoms with Crippen molar-refractivity contribution in [2.24, 2.45) is 5.73 Å². The molecule has 0 aliphatic rings. The number of aromatic nitrogens is 1. The van der Waals surface area contributed by atoms with Crippen LogP contribution in [0.4, 0.5) is 4.39 Å². The highest BCUT2D eigenvalue weighted by molar-refractivity contribution is 7.09. The molecule has 2 N–H and O–H groups in total. The number of nitrogens with two attached hydrogens (primary N) is 1. The molecule has 1 aromatic carbocycles. The number of aryl methyl sites for hydroxylation is 1. The number of hydrogen-bond acceptors (Lipinski definition) is 4. The summed E-state index contributed by atoms with van der Waals surface area (Å²) in [5.41, 5.74) is 7.05. The molecule has 0 saturated heterocycles. The number of thiazole rings is 1. The van der Waals surface area contributed by atoms with Crippen molar-refractivity contribution >= 4 is 11.3 Å². The number of rotatable bonds is 6. The third-order valence-electron chi connectivity index (χ3n) is 2.91. The fraction of sp³-hybridized carbons (Fsp3) is 0.400. The Balaban J connectivity index is 1.98. The minimum absolute atomic E-state index is 0.320. The number of ether oxygens (including phenoxy) is 1. The van der Waals surface area contributed by atoms with E-state index in [1.54, 1.807) is 30.4 Å². The van der Waals surface area contributed by atoms with Crippen molar-refractivity contribution in [3.05, 3.63) is 45.7 Å². The van der Waals surface area contributed by atoms with E-state index in [0.717, 1.165) is 23.5 Å². The number of benzene rings is 1. The van der Waals surface area contributed by atoms with Gasteiger partial charge in [-0.15, -0.1) is 11.3 Å². The largest absolute Gasteiger partial charge is 0.487 e. The smallest absolute Gasteiger partial charge is 0.131 e. The lowest BCUT2D eigenvalue weighted by Crippen LogP contribution is -2.07. The summed E-state index contributed by atoms with van der Waals surface area (Å²) >= 11 is 1.64. The van der Waals surface area contributed by atoms with Gasteiger partial charge in [0.15, 0.2) is 0 Å². The van der Waals surface area contributed by atoms with Gasteiger partial charge in [0.1, 0.15) is 18.2 Å². The maximum Gasteiger partial charge on any atom is 0.131 e. The zero-order valence-corrected chi connectivity index (χ0v) is 12.5. The molecule has 3 nitrogen and oxygen atoms in total. The fourth-order valence-electron chi connectivity index (χ4n) is 1.87. The summed E-state index contributed by atoms with van der Waals surface area (Å²) in [5.74, 6) is 0.166. The average Bonchev–Trinajstić information content (AvgIpc) is 2.84. The molecule has 5 heteroatoms. The monoisotopic (exact) mass is 294 g/mol. The molecule has 1 heterocycles. The van der Waals surface area contributed by atoms with E-state index in [9.17, 15) is 4.39 Å². The first-order chi connectivity index (χ1) is 9.60. The Labute approximate surface area is 122 Å². The van der Waals surface area contributed by atoms with E-state index in [-0.39, 0.29) is 11.9 Å². The molecule has 20 heavy (non-hydrogen) atoms. The summed E-state index contributed by atoms with van der Waals surface area (Å²) in [5, 5.41) is 3.10. The summed E-state index contributed by atoms with van der Waals surface area (Å²) in [4.78, 5) is 4.46. The lowest BCUT2D eigenvalue weighted by atomic mass is 10.1. The molecule has 2 rings (SSSR count). The third-order valence-corrected chi connectivity index (χ3v) is 3.87. The molecule has 0 amide bonds. The Morgan fingerprint density at radius 1 is 1.45 bits per heavy atom.